The zero-order valence-electron chi connectivity index (χ0n) is 9.65. The molecule has 0 spiro atoms. The maximum absolute atomic E-state index is 11.1. The Morgan fingerprint density at radius 2 is 1.94 bits per heavy atom. The van der Waals surface area contributed by atoms with Gasteiger partial charge in [0.2, 0.25) is 0 Å². The molecule has 0 aromatic rings. The molecule has 0 rings (SSSR count). The molecule has 0 aromatic carbocycles. The van der Waals surface area contributed by atoms with Crippen LogP contribution in [0.1, 0.15) is 45.4 Å². The molecule has 94 valence electrons. The van der Waals surface area contributed by atoms with Crippen LogP contribution in [-0.2, 0) is 14.3 Å². The number of carboxylic acid groups (broad SMARTS) is 1. The SMILES string of the molecule is CCCCC(O)COC(=O)CCCC(=O)O. The van der Waals surface area contributed by atoms with Crippen LogP contribution in [0.5, 0.6) is 0 Å². The van der Waals surface area contributed by atoms with Crippen LogP contribution < -0.4 is 0 Å². The van der Waals surface area contributed by atoms with Gasteiger partial charge in [0.25, 0.3) is 0 Å². The molecule has 0 aromatic heterocycles. The van der Waals surface area contributed by atoms with Gasteiger partial charge in [-0.1, -0.05) is 19.8 Å². The van der Waals surface area contributed by atoms with E-state index in [1.807, 2.05) is 6.92 Å². The summed E-state index contributed by atoms with van der Waals surface area (Å²) in [6.07, 6.45) is 2.24. The zero-order valence-corrected chi connectivity index (χ0v) is 9.65. The highest BCUT2D eigenvalue weighted by Gasteiger charge is 2.09. The van der Waals surface area contributed by atoms with Crippen LogP contribution in [0.25, 0.3) is 0 Å². The van der Waals surface area contributed by atoms with E-state index in [1.165, 1.54) is 0 Å². The summed E-state index contributed by atoms with van der Waals surface area (Å²) in [6.45, 7) is 2.02. The number of aliphatic carboxylic acids is 1. The summed E-state index contributed by atoms with van der Waals surface area (Å²) >= 11 is 0. The van der Waals surface area contributed by atoms with Crippen LogP contribution in [-0.4, -0.2) is 34.9 Å². The predicted molar refractivity (Wildman–Crippen MR) is 58.0 cm³/mol. The largest absolute Gasteiger partial charge is 0.481 e. The van der Waals surface area contributed by atoms with Gasteiger partial charge in [-0.15, -0.1) is 0 Å². The van der Waals surface area contributed by atoms with Crippen molar-refractivity contribution in [3.63, 3.8) is 0 Å². The van der Waals surface area contributed by atoms with Gasteiger partial charge in [-0.25, -0.2) is 0 Å². The maximum atomic E-state index is 11.1. The highest BCUT2D eigenvalue weighted by atomic mass is 16.5. The molecule has 0 amide bonds. The van der Waals surface area contributed by atoms with Crippen LogP contribution in [0.4, 0.5) is 0 Å². The van der Waals surface area contributed by atoms with Crippen molar-refractivity contribution in [2.24, 2.45) is 0 Å². The van der Waals surface area contributed by atoms with E-state index in [1.54, 1.807) is 0 Å². The molecule has 1 unspecified atom stereocenters. The van der Waals surface area contributed by atoms with Crippen molar-refractivity contribution in [1.82, 2.24) is 0 Å². The van der Waals surface area contributed by atoms with Crippen molar-refractivity contribution in [3.8, 4) is 0 Å². The number of carboxylic acids is 1. The Morgan fingerprint density at radius 3 is 2.50 bits per heavy atom. The number of aliphatic hydroxyl groups excluding tert-OH is 1. The van der Waals surface area contributed by atoms with Crippen molar-refractivity contribution in [2.75, 3.05) is 6.61 Å². The molecule has 1 atom stereocenters. The number of carbonyl (C=O) groups is 2. The fraction of sp³-hybridized carbons (Fsp3) is 0.818. The van der Waals surface area contributed by atoms with Crippen LogP contribution in [0.2, 0.25) is 0 Å². The van der Waals surface area contributed by atoms with Crippen molar-refractivity contribution in [2.45, 2.75) is 51.6 Å². The number of hydrogen-bond acceptors (Lipinski definition) is 4. The summed E-state index contributed by atoms with van der Waals surface area (Å²) in [5.41, 5.74) is 0. The molecule has 0 heterocycles. The summed E-state index contributed by atoms with van der Waals surface area (Å²) in [6, 6.07) is 0. The highest BCUT2D eigenvalue weighted by molar-refractivity contribution is 5.71. The molecule has 0 bridgehead atoms. The zero-order chi connectivity index (χ0) is 12.4. The van der Waals surface area contributed by atoms with Gasteiger partial charge in [0.15, 0.2) is 0 Å². The van der Waals surface area contributed by atoms with Crippen molar-refractivity contribution >= 4 is 11.9 Å². The molecular weight excluding hydrogens is 212 g/mol. The molecule has 0 fully saturated rings. The molecule has 0 aliphatic heterocycles. The Morgan fingerprint density at radius 1 is 1.25 bits per heavy atom. The van der Waals surface area contributed by atoms with Crippen molar-refractivity contribution < 1.29 is 24.5 Å². The van der Waals surface area contributed by atoms with E-state index in [-0.39, 0.29) is 25.9 Å². The topological polar surface area (TPSA) is 83.8 Å². The number of rotatable bonds is 9. The molecule has 0 radical (unpaired) electrons. The molecule has 0 aliphatic carbocycles. The minimum absolute atomic E-state index is 0.00586. The summed E-state index contributed by atoms with van der Waals surface area (Å²) < 4.78 is 4.80. The third kappa shape index (κ3) is 9.45. The normalized spacial score (nSPS) is 12.1. The number of carbonyl (C=O) groups excluding carboxylic acids is 1. The monoisotopic (exact) mass is 232 g/mol. The lowest BCUT2D eigenvalue weighted by molar-refractivity contribution is -0.147. The number of ether oxygens (including phenoxy) is 1. The number of unbranched alkanes of at least 4 members (excludes halogenated alkanes) is 1. The first kappa shape index (κ1) is 14.9. The second-order valence-electron chi connectivity index (χ2n) is 3.73. The van der Waals surface area contributed by atoms with Crippen molar-refractivity contribution in [1.29, 1.82) is 0 Å². The van der Waals surface area contributed by atoms with Crippen LogP contribution >= 0.6 is 0 Å². The lowest BCUT2D eigenvalue weighted by atomic mass is 10.2. The van der Waals surface area contributed by atoms with Gasteiger partial charge in [-0.05, 0) is 12.8 Å². The Balaban J connectivity index is 3.45. The maximum Gasteiger partial charge on any atom is 0.305 e. The number of hydrogen-bond donors (Lipinski definition) is 2. The van der Waals surface area contributed by atoms with E-state index in [0.29, 0.717) is 6.42 Å². The van der Waals surface area contributed by atoms with E-state index in [9.17, 15) is 14.7 Å². The second-order valence-corrected chi connectivity index (χ2v) is 3.73. The first-order valence-corrected chi connectivity index (χ1v) is 5.61. The van der Waals surface area contributed by atoms with E-state index < -0.39 is 18.0 Å². The quantitative estimate of drug-likeness (QED) is 0.586. The van der Waals surface area contributed by atoms with Gasteiger partial charge < -0.3 is 14.9 Å². The molecule has 0 aliphatic rings. The lowest BCUT2D eigenvalue weighted by Crippen LogP contribution is -2.18. The number of aliphatic hydroxyl groups is 1. The van der Waals surface area contributed by atoms with Gasteiger partial charge in [-0.2, -0.15) is 0 Å². The molecule has 5 heteroatoms. The minimum atomic E-state index is -0.921. The van der Waals surface area contributed by atoms with E-state index in [2.05, 4.69) is 0 Å². The standard InChI is InChI=1S/C11H20O5/c1-2-3-5-9(12)8-16-11(15)7-4-6-10(13)14/h9,12H,2-8H2,1H3,(H,13,14). The second kappa shape index (κ2) is 9.15. The van der Waals surface area contributed by atoms with E-state index in [4.69, 9.17) is 9.84 Å². The minimum Gasteiger partial charge on any atom is -0.481 e. The molecule has 2 N–H and O–H groups in total. The van der Waals surface area contributed by atoms with Gasteiger partial charge in [0, 0.05) is 12.8 Å². The summed E-state index contributed by atoms with van der Waals surface area (Å²) in [7, 11) is 0. The third-order valence-electron chi connectivity index (χ3n) is 2.10. The Labute approximate surface area is 95.4 Å². The fourth-order valence-corrected chi connectivity index (χ4v) is 1.17. The van der Waals surface area contributed by atoms with Gasteiger partial charge >= 0.3 is 11.9 Å². The highest BCUT2D eigenvalue weighted by Crippen LogP contribution is 2.03. The Bertz CT molecular complexity index is 214. The Hall–Kier alpha value is -1.10. The average Bonchev–Trinajstić information content (AvgIpc) is 2.23. The molecule has 16 heavy (non-hydrogen) atoms. The predicted octanol–water partition coefficient (Wildman–Crippen LogP) is 1.34. The van der Waals surface area contributed by atoms with Gasteiger partial charge in [0.05, 0.1) is 6.10 Å². The summed E-state index contributed by atoms with van der Waals surface area (Å²) in [5.74, 6) is -1.37. The van der Waals surface area contributed by atoms with Crippen LogP contribution in [0.3, 0.4) is 0 Å². The molecular formula is C11H20O5. The molecule has 5 nitrogen and oxygen atoms in total. The summed E-state index contributed by atoms with van der Waals surface area (Å²) in [4.78, 5) is 21.2. The Kier molecular flexibility index (Phi) is 8.52. The third-order valence-corrected chi connectivity index (χ3v) is 2.10. The smallest absolute Gasteiger partial charge is 0.305 e. The van der Waals surface area contributed by atoms with Gasteiger partial charge in [0.1, 0.15) is 6.61 Å². The number of esters is 1. The van der Waals surface area contributed by atoms with Crippen LogP contribution in [0, 0.1) is 0 Å². The first-order valence-electron chi connectivity index (χ1n) is 5.61. The first-order chi connectivity index (χ1) is 7.56. The van der Waals surface area contributed by atoms with Crippen LogP contribution in [0.15, 0.2) is 0 Å². The van der Waals surface area contributed by atoms with Gasteiger partial charge in [-0.3, -0.25) is 9.59 Å². The van der Waals surface area contributed by atoms with E-state index in [0.717, 1.165) is 12.8 Å². The molecule has 0 saturated carbocycles. The van der Waals surface area contributed by atoms with E-state index >= 15 is 0 Å². The van der Waals surface area contributed by atoms with Crippen molar-refractivity contribution in [3.05, 3.63) is 0 Å². The fourth-order valence-electron chi connectivity index (χ4n) is 1.17. The molecule has 0 saturated heterocycles. The lowest BCUT2D eigenvalue weighted by Gasteiger charge is -2.10. The summed E-state index contributed by atoms with van der Waals surface area (Å²) in [5, 5.41) is 17.7. The average molecular weight is 232 g/mol.